The molecule has 8 rings (SSSR count). The first kappa shape index (κ1) is 44.2. The summed E-state index contributed by atoms with van der Waals surface area (Å²) in [5, 5.41) is 68.8. The molecular formula is C44H44F6N4O6. The van der Waals surface area contributed by atoms with E-state index in [-0.39, 0.29) is 61.7 Å². The Bertz CT molecular complexity index is 2500. The van der Waals surface area contributed by atoms with Gasteiger partial charge in [0.2, 0.25) is 11.2 Å². The number of nitrogens with zero attached hydrogens (tertiary/aromatic N) is 4. The van der Waals surface area contributed by atoms with Gasteiger partial charge < -0.3 is 30.6 Å². The fourth-order valence-corrected chi connectivity index (χ4v) is 7.96. The van der Waals surface area contributed by atoms with Gasteiger partial charge in [0, 0.05) is 45.8 Å². The van der Waals surface area contributed by atoms with Crippen LogP contribution in [0, 0.1) is 0 Å². The monoisotopic (exact) mass is 838 g/mol. The number of halogens is 6. The van der Waals surface area contributed by atoms with Crippen LogP contribution in [0.2, 0.25) is 0 Å². The zero-order valence-corrected chi connectivity index (χ0v) is 31.7. The Morgan fingerprint density at radius 3 is 1.28 bits per heavy atom. The van der Waals surface area contributed by atoms with Gasteiger partial charge in [-0.25, -0.2) is 0 Å². The lowest BCUT2D eigenvalue weighted by Gasteiger charge is -2.29. The fraction of sp³-hybridized carbons (Fsp3) is 0.318. The topological polar surface area (TPSA) is 157 Å². The second-order valence-electron chi connectivity index (χ2n) is 15.0. The predicted octanol–water partition coefficient (Wildman–Crippen LogP) is 7.08. The van der Waals surface area contributed by atoms with E-state index in [9.17, 15) is 57.0 Å². The second kappa shape index (κ2) is 15.6. The number of fused-ring (bicyclic) bond motifs is 6. The van der Waals surface area contributed by atoms with Crippen LogP contribution >= 0.6 is 0 Å². The van der Waals surface area contributed by atoms with E-state index in [1.54, 1.807) is 62.6 Å². The number of aromatic nitrogens is 4. The normalized spacial score (nSPS) is 18.2. The molecule has 6 N–H and O–H groups in total. The minimum atomic E-state index is -4.90. The van der Waals surface area contributed by atoms with E-state index in [1.165, 1.54) is 70.3 Å². The standard InChI is InChI=1S/C22H21F3N2O3.C21H19F3N2O3.CH4/c1-2-20(12-28,13-29)27-11-14(10-26-27)15-7-5-9-18-19(15)16-6-3-4-8-17(16)21(18,30)22(23,24)25;1-19(11-27,12-28)26-10-13(9-25-26)14-6-4-8-17-18(14)15-5-2-3-7-16(15)20(17,29)21(22,23)24;/h3-11,28-30H,2,12-13H2,1H3;2-10,27-29H,11-12H2,1H3;1H4. The van der Waals surface area contributed by atoms with Crippen LogP contribution in [0.3, 0.4) is 0 Å². The Kier molecular flexibility index (Phi) is 11.5. The molecule has 60 heavy (non-hydrogen) atoms. The number of benzene rings is 4. The third-order valence-corrected chi connectivity index (χ3v) is 11.7. The largest absolute Gasteiger partial charge is 0.425 e. The van der Waals surface area contributed by atoms with E-state index < -0.39 is 34.6 Å². The summed E-state index contributed by atoms with van der Waals surface area (Å²) < 4.78 is 86.8. The van der Waals surface area contributed by atoms with Gasteiger partial charge in [0.25, 0.3) is 0 Å². The molecule has 0 bridgehead atoms. The van der Waals surface area contributed by atoms with Crippen molar-refractivity contribution in [2.45, 2.75) is 62.3 Å². The molecule has 0 fully saturated rings. The molecule has 2 aliphatic rings. The Morgan fingerprint density at radius 1 is 0.533 bits per heavy atom. The third-order valence-electron chi connectivity index (χ3n) is 11.7. The second-order valence-corrected chi connectivity index (χ2v) is 15.0. The first-order valence-corrected chi connectivity index (χ1v) is 18.5. The van der Waals surface area contributed by atoms with Crippen LogP contribution in [0.1, 0.15) is 49.9 Å². The lowest BCUT2D eigenvalue weighted by molar-refractivity contribution is -0.247. The van der Waals surface area contributed by atoms with Gasteiger partial charge in [0.1, 0.15) is 11.1 Å². The van der Waals surface area contributed by atoms with Crippen molar-refractivity contribution in [3.8, 4) is 44.5 Å². The van der Waals surface area contributed by atoms with Crippen LogP contribution in [0.15, 0.2) is 110 Å². The molecule has 2 unspecified atom stereocenters. The van der Waals surface area contributed by atoms with Crippen LogP contribution in [-0.2, 0) is 22.3 Å². The van der Waals surface area contributed by atoms with Gasteiger partial charge in [0.15, 0.2) is 0 Å². The molecule has 6 aromatic rings. The Morgan fingerprint density at radius 2 is 0.900 bits per heavy atom. The van der Waals surface area contributed by atoms with Gasteiger partial charge in [-0.3, -0.25) is 9.36 Å². The van der Waals surface area contributed by atoms with Gasteiger partial charge in [-0.1, -0.05) is 99.3 Å². The van der Waals surface area contributed by atoms with Crippen molar-refractivity contribution in [3.63, 3.8) is 0 Å². The first-order valence-electron chi connectivity index (χ1n) is 18.5. The third kappa shape index (κ3) is 6.44. The van der Waals surface area contributed by atoms with Crippen molar-refractivity contribution >= 4 is 0 Å². The van der Waals surface area contributed by atoms with Crippen molar-refractivity contribution in [1.29, 1.82) is 0 Å². The molecule has 318 valence electrons. The zero-order valence-electron chi connectivity index (χ0n) is 31.7. The van der Waals surface area contributed by atoms with Crippen molar-refractivity contribution in [2.24, 2.45) is 0 Å². The fourth-order valence-electron chi connectivity index (χ4n) is 7.96. The molecule has 2 aliphatic carbocycles. The SMILES string of the molecule is C.CC(CO)(CO)n1cc(-c2cccc3c2-c2ccccc2C3(O)C(F)(F)F)cn1.CCC(CO)(CO)n1cc(-c2cccc3c2-c2ccccc2C3(O)C(F)(F)F)cn1. The molecule has 2 aromatic heterocycles. The lowest BCUT2D eigenvalue weighted by Crippen LogP contribution is -2.41. The lowest BCUT2D eigenvalue weighted by atomic mass is 9.89. The summed E-state index contributed by atoms with van der Waals surface area (Å²) in [5.41, 5.74) is -5.98. The minimum absolute atomic E-state index is 0. The van der Waals surface area contributed by atoms with Crippen LogP contribution < -0.4 is 0 Å². The maximum atomic E-state index is 14.0. The van der Waals surface area contributed by atoms with E-state index in [2.05, 4.69) is 10.2 Å². The number of alkyl halides is 6. The molecule has 0 saturated carbocycles. The molecule has 0 saturated heterocycles. The first-order chi connectivity index (χ1) is 27.9. The highest BCUT2D eigenvalue weighted by Gasteiger charge is 2.62. The van der Waals surface area contributed by atoms with E-state index >= 15 is 0 Å². The maximum absolute atomic E-state index is 14.0. The summed E-state index contributed by atoms with van der Waals surface area (Å²) in [6, 6.07) is 20.7. The van der Waals surface area contributed by atoms with Crippen LogP contribution in [0.4, 0.5) is 26.3 Å². The van der Waals surface area contributed by atoms with Crippen molar-refractivity contribution in [2.75, 3.05) is 26.4 Å². The van der Waals surface area contributed by atoms with Crippen molar-refractivity contribution in [1.82, 2.24) is 19.6 Å². The van der Waals surface area contributed by atoms with Gasteiger partial charge >= 0.3 is 12.4 Å². The molecule has 0 spiro atoms. The summed E-state index contributed by atoms with van der Waals surface area (Å²) in [6.45, 7) is 1.99. The van der Waals surface area contributed by atoms with Gasteiger partial charge in [-0.2, -0.15) is 36.5 Å². The van der Waals surface area contributed by atoms with Crippen LogP contribution in [-0.4, -0.2) is 89.0 Å². The predicted molar refractivity (Wildman–Crippen MR) is 211 cm³/mol. The number of aliphatic hydroxyl groups is 6. The molecule has 10 nitrogen and oxygen atoms in total. The van der Waals surface area contributed by atoms with Gasteiger partial charge in [0.05, 0.1) is 38.8 Å². The average molecular weight is 839 g/mol. The number of aliphatic hydroxyl groups excluding tert-OH is 4. The molecule has 16 heteroatoms. The van der Waals surface area contributed by atoms with Gasteiger partial charge in [-0.15, -0.1) is 0 Å². The quantitative estimate of drug-likeness (QED) is 0.0844. The Hall–Kier alpha value is -5.36. The maximum Gasteiger partial charge on any atom is 0.425 e. The number of hydrogen-bond acceptors (Lipinski definition) is 8. The highest BCUT2D eigenvalue weighted by Crippen LogP contribution is 2.58. The summed E-state index contributed by atoms with van der Waals surface area (Å²) in [6.07, 6.45) is -3.28. The number of rotatable bonds is 9. The Labute approximate surface area is 341 Å². The minimum Gasteiger partial charge on any atom is -0.394 e. The average Bonchev–Trinajstić information content (AvgIpc) is 4.04. The summed E-state index contributed by atoms with van der Waals surface area (Å²) in [5.74, 6) is 0. The van der Waals surface area contributed by atoms with E-state index in [1.807, 2.05) is 0 Å². The Balaban J connectivity index is 0.000000198. The van der Waals surface area contributed by atoms with Crippen molar-refractivity contribution in [3.05, 3.63) is 132 Å². The molecule has 2 heterocycles. The highest BCUT2D eigenvalue weighted by atomic mass is 19.4. The summed E-state index contributed by atoms with van der Waals surface area (Å²) >= 11 is 0. The molecule has 4 aromatic carbocycles. The smallest absolute Gasteiger partial charge is 0.394 e. The molecule has 2 atom stereocenters. The van der Waals surface area contributed by atoms with Crippen LogP contribution in [0.25, 0.3) is 44.5 Å². The molecule has 0 radical (unpaired) electrons. The van der Waals surface area contributed by atoms with E-state index in [0.29, 0.717) is 45.4 Å². The van der Waals surface area contributed by atoms with E-state index in [4.69, 9.17) is 0 Å². The van der Waals surface area contributed by atoms with Crippen molar-refractivity contribution < 1.29 is 57.0 Å². The molecular weight excluding hydrogens is 794 g/mol. The van der Waals surface area contributed by atoms with Crippen LogP contribution in [0.5, 0.6) is 0 Å². The molecule has 0 aliphatic heterocycles. The van der Waals surface area contributed by atoms with E-state index in [0.717, 1.165) is 0 Å². The summed E-state index contributed by atoms with van der Waals surface area (Å²) in [4.78, 5) is 0. The highest BCUT2D eigenvalue weighted by molar-refractivity contribution is 5.93. The summed E-state index contributed by atoms with van der Waals surface area (Å²) in [7, 11) is 0. The van der Waals surface area contributed by atoms with Gasteiger partial charge in [-0.05, 0) is 46.7 Å². The zero-order chi connectivity index (χ0) is 42.8. The molecule has 0 amide bonds. The number of hydrogen-bond donors (Lipinski definition) is 6.